The van der Waals surface area contributed by atoms with E-state index < -0.39 is 0 Å². The van der Waals surface area contributed by atoms with Gasteiger partial charge in [-0.15, -0.1) is 0 Å². The van der Waals surface area contributed by atoms with E-state index in [9.17, 15) is 0 Å². The standard InChI is InChI=1S/C16H19N3O/c1-4-17-16(13-7-8-18-19(13)3)15-10-12-9-11(2)5-6-14(12)20-15/h5-10,16-17H,4H2,1-3H3. The summed E-state index contributed by atoms with van der Waals surface area (Å²) in [7, 11) is 1.95. The number of hydrogen-bond acceptors (Lipinski definition) is 3. The second-order valence-electron chi connectivity index (χ2n) is 5.06. The lowest BCUT2D eigenvalue weighted by atomic mass is 10.1. The van der Waals surface area contributed by atoms with Gasteiger partial charge in [-0.1, -0.05) is 18.6 Å². The SMILES string of the molecule is CCNC(c1cc2cc(C)ccc2o1)c1ccnn1C. The van der Waals surface area contributed by atoms with Crippen molar-refractivity contribution in [1.82, 2.24) is 15.1 Å². The molecule has 0 aliphatic carbocycles. The minimum absolute atomic E-state index is 0.0280. The highest BCUT2D eigenvalue weighted by atomic mass is 16.3. The lowest BCUT2D eigenvalue weighted by molar-refractivity contribution is 0.459. The first-order valence-corrected chi connectivity index (χ1v) is 6.90. The van der Waals surface area contributed by atoms with Crippen molar-refractivity contribution in [3.8, 4) is 0 Å². The Morgan fingerprint density at radius 1 is 1.30 bits per heavy atom. The number of rotatable bonds is 4. The van der Waals surface area contributed by atoms with Crippen LogP contribution in [0.25, 0.3) is 11.0 Å². The van der Waals surface area contributed by atoms with Crippen LogP contribution < -0.4 is 5.32 Å². The van der Waals surface area contributed by atoms with Crippen LogP contribution in [0.4, 0.5) is 0 Å². The van der Waals surface area contributed by atoms with E-state index in [2.05, 4.69) is 42.5 Å². The van der Waals surface area contributed by atoms with Gasteiger partial charge in [-0.25, -0.2) is 0 Å². The van der Waals surface area contributed by atoms with Gasteiger partial charge in [0.05, 0.1) is 5.69 Å². The Hall–Kier alpha value is -2.07. The van der Waals surface area contributed by atoms with Crippen molar-refractivity contribution in [2.45, 2.75) is 19.9 Å². The molecule has 1 aromatic carbocycles. The Morgan fingerprint density at radius 2 is 2.15 bits per heavy atom. The van der Waals surface area contributed by atoms with Crippen LogP contribution >= 0.6 is 0 Å². The van der Waals surface area contributed by atoms with Gasteiger partial charge in [-0.3, -0.25) is 4.68 Å². The van der Waals surface area contributed by atoms with E-state index in [0.29, 0.717) is 0 Å². The summed E-state index contributed by atoms with van der Waals surface area (Å²) in [6, 6.07) is 10.4. The monoisotopic (exact) mass is 269 g/mol. The highest BCUT2D eigenvalue weighted by Crippen LogP contribution is 2.28. The summed E-state index contributed by atoms with van der Waals surface area (Å²) in [5, 5.41) is 8.86. The summed E-state index contributed by atoms with van der Waals surface area (Å²) in [4.78, 5) is 0. The van der Waals surface area contributed by atoms with Crippen LogP contribution in [0.2, 0.25) is 0 Å². The molecule has 4 heteroatoms. The molecule has 0 amide bonds. The largest absolute Gasteiger partial charge is 0.459 e. The molecule has 0 fully saturated rings. The van der Waals surface area contributed by atoms with Crippen molar-refractivity contribution < 1.29 is 4.42 Å². The fourth-order valence-electron chi connectivity index (χ4n) is 2.55. The molecule has 0 aliphatic rings. The van der Waals surface area contributed by atoms with Crippen molar-refractivity contribution in [1.29, 1.82) is 0 Å². The molecular formula is C16H19N3O. The first kappa shape index (κ1) is 12.9. The average molecular weight is 269 g/mol. The van der Waals surface area contributed by atoms with Crippen LogP contribution in [0.3, 0.4) is 0 Å². The third kappa shape index (κ3) is 2.23. The van der Waals surface area contributed by atoms with Gasteiger partial charge in [0.2, 0.25) is 0 Å². The minimum Gasteiger partial charge on any atom is -0.459 e. The molecule has 3 aromatic rings. The maximum absolute atomic E-state index is 6.01. The molecule has 2 aromatic heterocycles. The predicted octanol–water partition coefficient (Wildman–Crippen LogP) is 3.17. The van der Waals surface area contributed by atoms with E-state index in [0.717, 1.165) is 29.0 Å². The summed E-state index contributed by atoms with van der Waals surface area (Å²) in [5.41, 5.74) is 3.27. The summed E-state index contributed by atoms with van der Waals surface area (Å²) in [6.07, 6.45) is 1.81. The highest BCUT2D eigenvalue weighted by Gasteiger charge is 2.20. The molecule has 4 nitrogen and oxygen atoms in total. The van der Waals surface area contributed by atoms with Gasteiger partial charge in [0.15, 0.2) is 0 Å². The zero-order valence-electron chi connectivity index (χ0n) is 12.1. The van der Waals surface area contributed by atoms with E-state index >= 15 is 0 Å². The molecule has 20 heavy (non-hydrogen) atoms. The predicted molar refractivity (Wildman–Crippen MR) is 79.7 cm³/mol. The lowest BCUT2D eigenvalue weighted by Gasteiger charge is -2.15. The zero-order valence-corrected chi connectivity index (χ0v) is 12.1. The molecule has 1 N–H and O–H groups in total. The topological polar surface area (TPSA) is 43.0 Å². The van der Waals surface area contributed by atoms with Crippen molar-refractivity contribution >= 4 is 11.0 Å². The Bertz CT molecular complexity index is 726. The summed E-state index contributed by atoms with van der Waals surface area (Å²) < 4.78 is 7.89. The summed E-state index contributed by atoms with van der Waals surface area (Å²) >= 11 is 0. The Labute approximate surface area is 118 Å². The Kier molecular flexibility index (Phi) is 3.32. The molecule has 0 bridgehead atoms. The summed E-state index contributed by atoms with van der Waals surface area (Å²) in [5.74, 6) is 0.927. The molecule has 104 valence electrons. The van der Waals surface area contributed by atoms with Crippen LogP contribution in [0.5, 0.6) is 0 Å². The third-order valence-electron chi connectivity index (χ3n) is 3.54. The van der Waals surface area contributed by atoms with Gasteiger partial charge >= 0.3 is 0 Å². The fraction of sp³-hybridized carbons (Fsp3) is 0.312. The van der Waals surface area contributed by atoms with Gasteiger partial charge in [0, 0.05) is 18.6 Å². The normalized spacial score (nSPS) is 12.9. The molecule has 0 saturated heterocycles. The van der Waals surface area contributed by atoms with Crippen molar-refractivity contribution in [2.24, 2.45) is 7.05 Å². The molecule has 1 unspecified atom stereocenters. The molecule has 1 atom stereocenters. The number of fused-ring (bicyclic) bond motifs is 1. The van der Waals surface area contributed by atoms with Crippen LogP contribution in [0.1, 0.15) is 30.0 Å². The Morgan fingerprint density at radius 3 is 2.85 bits per heavy atom. The Balaban J connectivity index is 2.07. The first-order valence-electron chi connectivity index (χ1n) is 6.90. The number of aromatic nitrogens is 2. The molecule has 0 spiro atoms. The number of hydrogen-bond donors (Lipinski definition) is 1. The van der Waals surface area contributed by atoms with Crippen molar-refractivity contribution in [2.75, 3.05) is 6.54 Å². The van der Waals surface area contributed by atoms with Crippen molar-refractivity contribution in [3.05, 3.63) is 53.5 Å². The molecule has 0 saturated carbocycles. The van der Waals surface area contributed by atoms with Crippen LogP contribution in [0, 0.1) is 6.92 Å². The number of aryl methyl sites for hydroxylation is 2. The van der Waals surface area contributed by atoms with Crippen LogP contribution in [-0.2, 0) is 7.05 Å². The van der Waals surface area contributed by atoms with Gasteiger partial charge in [-0.2, -0.15) is 5.10 Å². The van der Waals surface area contributed by atoms with Crippen molar-refractivity contribution in [3.63, 3.8) is 0 Å². The zero-order chi connectivity index (χ0) is 14.1. The van der Waals surface area contributed by atoms with E-state index in [1.165, 1.54) is 5.56 Å². The molecule has 0 radical (unpaired) electrons. The number of benzene rings is 1. The van der Waals surface area contributed by atoms with E-state index in [1.54, 1.807) is 0 Å². The minimum atomic E-state index is 0.0280. The highest BCUT2D eigenvalue weighted by molar-refractivity contribution is 5.78. The van der Waals surface area contributed by atoms with Gasteiger partial charge < -0.3 is 9.73 Å². The van der Waals surface area contributed by atoms with Gasteiger partial charge in [0.25, 0.3) is 0 Å². The maximum atomic E-state index is 6.01. The maximum Gasteiger partial charge on any atom is 0.134 e. The molecule has 0 aliphatic heterocycles. The number of furan rings is 1. The van der Waals surface area contributed by atoms with E-state index in [-0.39, 0.29) is 6.04 Å². The summed E-state index contributed by atoms with van der Waals surface area (Å²) in [6.45, 7) is 5.05. The smallest absolute Gasteiger partial charge is 0.134 e. The second kappa shape index (κ2) is 5.13. The third-order valence-corrected chi connectivity index (χ3v) is 3.54. The molecule has 3 rings (SSSR count). The average Bonchev–Trinajstić information content (AvgIpc) is 3.01. The molecular weight excluding hydrogens is 250 g/mol. The lowest BCUT2D eigenvalue weighted by Crippen LogP contribution is -2.23. The molecule has 2 heterocycles. The van der Waals surface area contributed by atoms with Crippen LogP contribution in [0.15, 0.2) is 40.9 Å². The first-order chi connectivity index (χ1) is 9.69. The number of nitrogens with zero attached hydrogens (tertiary/aromatic N) is 2. The quantitative estimate of drug-likeness (QED) is 0.791. The van der Waals surface area contributed by atoms with E-state index in [1.807, 2.05) is 30.1 Å². The van der Waals surface area contributed by atoms with Gasteiger partial charge in [0.1, 0.15) is 17.4 Å². The fourth-order valence-corrected chi connectivity index (χ4v) is 2.55. The number of nitrogens with one attached hydrogen (secondary N) is 1. The van der Waals surface area contributed by atoms with E-state index in [4.69, 9.17) is 4.42 Å². The van der Waals surface area contributed by atoms with Gasteiger partial charge in [-0.05, 0) is 37.7 Å². The van der Waals surface area contributed by atoms with Crippen LogP contribution in [-0.4, -0.2) is 16.3 Å². The second-order valence-corrected chi connectivity index (χ2v) is 5.06.